The quantitative estimate of drug-likeness (QED) is 0.666. The molecule has 1 amide bonds. The lowest BCUT2D eigenvalue weighted by Gasteiger charge is -2.18. The van der Waals surface area contributed by atoms with E-state index < -0.39 is 11.4 Å². The fourth-order valence-corrected chi connectivity index (χ4v) is 0.964. The minimum absolute atomic E-state index is 0.0155. The van der Waals surface area contributed by atoms with Crippen LogP contribution >= 0.6 is 0 Å². The molecule has 82 valence electrons. The zero-order valence-electron chi connectivity index (χ0n) is 8.82. The molecule has 1 heterocycles. The second kappa shape index (κ2) is 4.27. The van der Waals surface area contributed by atoms with Crippen LogP contribution in [0.4, 0.5) is 0 Å². The molecule has 0 aliphatic rings. The minimum Gasteiger partial charge on any atom is -0.505 e. The van der Waals surface area contributed by atoms with Crippen LogP contribution in [0.2, 0.25) is 0 Å². The Hall–Kier alpha value is -1.62. The predicted molar refractivity (Wildman–Crippen MR) is 56.5 cm³/mol. The van der Waals surface area contributed by atoms with E-state index in [1.54, 1.807) is 19.9 Å². The van der Waals surface area contributed by atoms with E-state index in [-0.39, 0.29) is 11.4 Å². The highest BCUT2D eigenvalue weighted by Gasteiger charge is 2.16. The summed E-state index contributed by atoms with van der Waals surface area (Å²) in [4.78, 5) is 15.3. The van der Waals surface area contributed by atoms with Gasteiger partial charge in [-0.05, 0) is 26.0 Å². The first-order valence-corrected chi connectivity index (χ1v) is 4.61. The number of rotatable bonds is 3. The molecule has 0 aliphatic carbocycles. The molecule has 0 aromatic carbocycles. The molecule has 1 aromatic rings. The van der Waals surface area contributed by atoms with Crippen molar-refractivity contribution >= 4 is 5.91 Å². The van der Waals surface area contributed by atoms with E-state index in [9.17, 15) is 9.90 Å². The maximum absolute atomic E-state index is 11.5. The standard InChI is InChI=1S/C10H15N3O2/c1-10(2,11)6-13-9(15)8-7(14)4-3-5-12-8/h3-5,14H,6,11H2,1-2H3,(H,13,15). The molecular formula is C10H15N3O2. The lowest BCUT2D eigenvalue weighted by molar-refractivity contribution is 0.0938. The van der Waals surface area contributed by atoms with E-state index in [1.165, 1.54) is 12.3 Å². The third kappa shape index (κ3) is 3.55. The van der Waals surface area contributed by atoms with Crippen LogP contribution in [-0.2, 0) is 0 Å². The van der Waals surface area contributed by atoms with Gasteiger partial charge in [-0.25, -0.2) is 4.98 Å². The molecule has 5 heteroatoms. The van der Waals surface area contributed by atoms with Gasteiger partial charge in [-0.2, -0.15) is 0 Å². The molecule has 0 spiro atoms. The number of nitrogens with one attached hydrogen (secondary N) is 1. The van der Waals surface area contributed by atoms with E-state index in [0.717, 1.165) is 0 Å². The van der Waals surface area contributed by atoms with Crippen molar-refractivity contribution in [2.75, 3.05) is 6.54 Å². The molecule has 5 nitrogen and oxygen atoms in total. The molecule has 0 radical (unpaired) electrons. The molecule has 15 heavy (non-hydrogen) atoms. The highest BCUT2D eigenvalue weighted by atomic mass is 16.3. The largest absolute Gasteiger partial charge is 0.505 e. The van der Waals surface area contributed by atoms with Gasteiger partial charge in [-0.15, -0.1) is 0 Å². The van der Waals surface area contributed by atoms with Crippen molar-refractivity contribution in [1.29, 1.82) is 0 Å². The fourth-order valence-electron chi connectivity index (χ4n) is 0.964. The Kier molecular flexibility index (Phi) is 3.26. The fraction of sp³-hybridized carbons (Fsp3) is 0.400. The number of hydrogen-bond acceptors (Lipinski definition) is 4. The number of aromatic hydroxyl groups is 1. The molecule has 4 N–H and O–H groups in total. The lowest BCUT2D eigenvalue weighted by Crippen LogP contribution is -2.45. The summed E-state index contributed by atoms with van der Waals surface area (Å²) in [6.07, 6.45) is 1.45. The van der Waals surface area contributed by atoms with Gasteiger partial charge in [-0.3, -0.25) is 4.79 Å². The van der Waals surface area contributed by atoms with Gasteiger partial charge in [0, 0.05) is 18.3 Å². The van der Waals surface area contributed by atoms with Crippen LogP contribution in [0.1, 0.15) is 24.3 Å². The molecule has 0 fully saturated rings. The third-order valence-electron chi connectivity index (χ3n) is 1.71. The van der Waals surface area contributed by atoms with Gasteiger partial charge in [0.2, 0.25) is 0 Å². The second-order valence-corrected chi connectivity index (χ2v) is 4.04. The van der Waals surface area contributed by atoms with Crippen molar-refractivity contribution in [2.24, 2.45) is 5.73 Å². The maximum Gasteiger partial charge on any atom is 0.273 e. The van der Waals surface area contributed by atoms with Crippen molar-refractivity contribution in [3.8, 4) is 5.75 Å². The number of carbonyl (C=O) groups excluding carboxylic acids is 1. The van der Waals surface area contributed by atoms with Crippen LogP contribution in [-0.4, -0.2) is 28.1 Å². The Morgan fingerprint density at radius 3 is 2.87 bits per heavy atom. The van der Waals surface area contributed by atoms with Crippen LogP contribution in [0, 0.1) is 0 Å². The molecule has 0 saturated carbocycles. The van der Waals surface area contributed by atoms with Crippen molar-refractivity contribution in [2.45, 2.75) is 19.4 Å². The summed E-state index contributed by atoms with van der Waals surface area (Å²) in [5.74, 6) is -0.559. The average Bonchev–Trinajstić information content (AvgIpc) is 2.14. The van der Waals surface area contributed by atoms with Crippen molar-refractivity contribution in [3.05, 3.63) is 24.0 Å². The minimum atomic E-state index is -0.486. The first kappa shape index (κ1) is 11.5. The third-order valence-corrected chi connectivity index (χ3v) is 1.71. The SMILES string of the molecule is CC(C)(N)CNC(=O)c1ncccc1O. The van der Waals surface area contributed by atoms with Gasteiger partial charge in [0.25, 0.3) is 5.91 Å². The van der Waals surface area contributed by atoms with E-state index in [4.69, 9.17) is 5.73 Å². The van der Waals surface area contributed by atoms with E-state index in [1.807, 2.05) is 0 Å². The number of amides is 1. The highest BCUT2D eigenvalue weighted by Crippen LogP contribution is 2.11. The molecule has 0 unspecified atom stereocenters. The number of pyridine rings is 1. The summed E-state index contributed by atoms with van der Waals surface area (Å²) >= 11 is 0. The Morgan fingerprint density at radius 2 is 2.33 bits per heavy atom. The molecular weight excluding hydrogens is 194 g/mol. The average molecular weight is 209 g/mol. The van der Waals surface area contributed by atoms with Gasteiger partial charge < -0.3 is 16.2 Å². The lowest BCUT2D eigenvalue weighted by atomic mass is 10.1. The predicted octanol–water partition coefficient (Wildman–Crippen LogP) is 0.254. The van der Waals surface area contributed by atoms with Crippen LogP contribution in [0.5, 0.6) is 5.75 Å². The normalized spacial score (nSPS) is 11.1. The Bertz CT molecular complexity index is 358. The number of carbonyl (C=O) groups is 1. The van der Waals surface area contributed by atoms with Crippen molar-refractivity contribution < 1.29 is 9.90 Å². The molecule has 1 rings (SSSR count). The van der Waals surface area contributed by atoms with Crippen molar-refractivity contribution in [3.63, 3.8) is 0 Å². The van der Waals surface area contributed by atoms with Crippen LogP contribution < -0.4 is 11.1 Å². The van der Waals surface area contributed by atoms with Gasteiger partial charge in [-0.1, -0.05) is 0 Å². The summed E-state index contributed by atoms with van der Waals surface area (Å²) in [5, 5.41) is 11.9. The smallest absolute Gasteiger partial charge is 0.273 e. The molecule has 0 atom stereocenters. The van der Waals surface area contributed by atoms with Gasteiger partial charge in [0.1, 0.15) is 5.75 Å². The van der Waals surface area contributed by atoms with Gasteiger partial charge >= 0.3 is 0 Å². The zero-order chi connectivity index (χ0) is 11.5. The number of hydrogen-bond donors (Lipinski definition) is 3. The summed E-state index contributed by atoms with van der Waals surface area (Å²) < 4.78 is 0. The van der Waals surface area contributed by atoms with Gasteiger partial charge in [0.05, 0.1) is 0 Å². The van der Waals surface area contributed by atoms with Crippen molar-refractivity contribution in [1.82, 2.24) is 10.3 Å². The summed E-state index contributed by atoms with van der Waals surface area (Å²) in [6.45, 7) is 3.92. The van der Waals surface area contributed by atoms with Crippen LogP contribution in [0.25, 0.3) is 0 Å². The molecule has 0 saturated heterocycles. The summed E-state index contributed by atoms with van der Waals surface area (Å²) in [6, 6.07) is 2.97. The zero-order valence-corrected chi connectivity index (χ0v) is 8.82. The first-order valence-electron chi connectivity index (χ1n) is 4.61. The number of aromatic nitrogens is 1. The molecule has 0 bridgehead atoms. The van der Waals surface area contributed by atoms with Crippen LogP contribution in [0.15, 0.2) is 18.3 Å². The Labute approximate surface area is 88.3 Å². The number of nitrogens with zero attached hydrogens (tertiary/aromatic N) is 1. The summed E-state index contributed by atoms with van der Waals surface area (Å²) in [5.41, 5.74) is 5.23. The van der Waals surface area contributed by atoms with E-state index in [2.05, 4.69) is 10.3 Å². The van der Waals surface area contributed by atoms with Gasteiger partial charge in [0.15, 0.2) is 5.69 Å². The molecule has 0 aliphatic heterocycles. The highest BCUT2D eigenvalue weighted by molar-refractivity contribution is 5.94. The monoisotopic (exact) mass is 209 g/mol. The number of nitrogens with two attached hydrogens (primary N) is 1. The van der Waals surface area contributed by atoms with Crippen LogP contribution in [0.3, 0.4) is 0 Å². The van der Waals surface area contributed by atoms with E-state index >= 15 is 0 Å². The molecule has 1 aromatic heterocycles. The maximum atomic E-state index is 11.5. The topological polar surface area (TPSA) is 88.2 Å². The van der Waals surface area contributed by atoms with E-state index in [0.29, 0.717) is 6.54 Å². The second-order valence-electron chi connectivity index (χ2n) is 4.04. The Balaban J connectivity index is 2.66. The summed E-state index contributed by atoms with van der Waals surface area (Å²) in [7, 11) is 0. The first-order chi connectivity index (χ1) is 6.90. The Morgan fingerprint density at radius 1 is 1.67 bits per heavy atom.